The van der Waals surface area contributed by atoms with Crippen LogP contribution in [0.5, 0.6) is 11.5 Å². The first-order valence-corrected chi connectivity index (χ1v) is 10.2. The van der Waals surface area contributed by atoms with Crippen LogP contribution >= 0.6 is 0 Å². The van der Waals surface area contributed by atoms with E-state index >= 15 is 0 Å². The Bertz CT molecular complexity index is 1090. The molecule has 1 aliphatic heterocycles. The maximum Gasteiger partial charge on any atom is 0.252 e. The molecular weight excluding hydrogens is 406 g/mol. The van der Waals surface area contributed by atoms with Crippen LogP contribution in [-0.2, 0) is 9.59 Å². The minimum absolute atomic E-state index is 0.0378. The van der Waals surface area contributed by atoms with Crippen LogP contribution in [0.25, 0.3) is 0 Å². The highest BCUT2D eigenvalue weighted by atomic mass is 16.7. The molecule has 0 saturated carbocycles. The third kappa shape index (κ3) is 5.13. The lowest BCUT2D eigenvalue weighted by atomic mass is 9.91. The van der Waals surface area contributed by atoms with Gasteiger partial charge in [0.2, 0.25) is 12.7 Å². The van der Waals surface area contributed by atoms with Crippen LogP contribution in [-0.4, -0.2) is 24.3 Å². The fourth-order valence-electron chi connectivity index (χ4n) is 3.45. The maximum atomic E-state index is 13.0. The smallest absolute Gasteiger partial charge is 0.252 e. The summed E-state index contributed by atoms with van der Waals surface area (Å²) in [5, 5.41) is 6.94. The standard InChI is InChI=1S/C25H23N3O4/c1-17(14-23(29)26-20-12-13-21-22(15-20)32-16-31-21)27-28-25(30)24(18-8-4-2-5-9-18)19-10-6-3-7-11-19/h2-13,15,24H,14,16H2,1H3,(H,26,29)(H,28,30)/b27-17-. The fourth-order valence-corrected chi connectivity index (χ4v) is 3.45. The Morgan fingerprint density at radius 2 is 1.53 bits per heavy atom. The largest absolute Gasteiger partial charge is 0.454 e. The predicted molar refractivity (Wildman–Crippen MR) is 122 cm³/mol. The number of benzene rings is 3. The number of rotatable bonds is 7. The number of hydrazone groups is 1. The first-order chi connectivity index (χ1) is 15.6. The van der Waals surface area contributed by atoms with E-state index in [9.17, 15) is 9.59 Å². The van der Waals surface area contributed by atoms with Gasteiger partial charge in [-0.05, 0) is 30.2 Å². The zero-order valence-corrected chi connectivity index (χ0v) is 17.6. The molecule has 1 heterocycles. The van der Waals surface area contributed by atoms with Gasteiger partial charge in [0.05, 0.1) is 12.3 Å². The molecule has 162 valence electrons. The van der Waals surface area contributed by atoms with Crippen molar-refractivity contribution in [3.8, 4) is 11.5 Å². The second-order valence-corrected chi connectivity index (χ2v) is 7.37. The molecule has 0 aromatic heterocycles. The molecular formula is C25H23N3O4. The van der Waals surface area contributed by atoms with Crippen molar-refractivity contribution in [3.05, 3.63) is 90.0 Å². The summed E-state index contributed by atoms with van der Waals surface area (Å²) in [6.07, 6.45) is 0.0378. The van der Waals surface area contributed by atoms with Crippen LogP contribution in [0.1, 0.15) is 30.4 Å². The number of ether oxygens (including phenoxy) is 2. The van der Waals surface area contributed by atoms with Gasteiger partial charge in [-0.15, -0.1) is 0 Å². The van der Waals surface area contributed by atoms with Crippen LogP contribution in [0.15, 0.2) is 84.0 Å². The van der Waals surface area contributed by atoms with Crippen molar-refractivity contribution < 1.29 is 19.1 Å². The first kappa shape index (κ1) is 21.1. The summed E-state index contributed by atoms with van der Waals surface area (Å²) in [6, 6.07) is 24.2. The Balaban J connectivity index is 1.39. The van der Waals surface area contributed by atoms with Gasteiger partial charge >= 0.3 is 0 Å². The van der Waals surface area contributed by atoms with E-state index in [0.717, 1.165) is 11.1 Å². The zero-order valence-electron chi connectivity index (χ0n) is 17.6. The molecule has 1 aliphatic rings. The molecule has 2 N–H and O–H groups in total. The molecule has 32 heavy (non-hydrogen) atoms. The summed E-state index contributed by atoms with van der Waals surface area (Å²) in [6.45, 7) is 1.87. The van der Waals surface area contributed by atoms with Crippen LogP contribution in [0, 0.1) is 0 Å². The Labute approximate surface area is 186 Å². The number of carbonyl (C=O) groups is 2. The van der Waals surface area contributed by atoms with Gasteiger partial charge in [-0.1, -0.05) is 60.7 Å². The number of hydrogen-bond acceptors (Lipinski definition) is 5. The van der Waals surface area contributed by atoms with Crippen LogP contribution in [0.2, 0.25) is 0 Å². The maximum absolute atomic E-state index is 13.0. The lowest BCUT2D eigenvalue weighted by Crippen LogP contribution is -2.27. The molecule has 0 spiro atoms. The van der Waals surface area contributed by atoms with Crippen molar-refractivity contribution in [2.75, 3.05) is 12.1 Å². The number of nitrogens with one attached hydrogen (secondary N) is 2. The number of amides is 2. The molecule has 3 aromatic carbocycles. The molecule has 2 amide bonds. The highest BCUT2D eigenvalue weighted by molar-refractivity contribution is 6.06. The minimum Gasteiger partial charge on any atom is -0.454 e. The van der Waals surface area contributed by atoms with Crippen molar-refractivity contribution in [1.29, 1.82) is 0 Å². The summed E-state index contributed by atoms with van der Waals surface area (Å²) in [5.74, 6) is 0.222. The number of carbonyl (C=O) groups excluding carboxylic acids is 2. The highest BCUT2D eigenvalue weighted by Gasteiger charge is 2.22. The molecule has 3 aromatic rings. The molecule has 0 fully saturated rings. The average molecular weight is 429 g/mol. The zero-order chi connectivity index (χ0) is 22.3. The van der Waals surface area contributed by atoms with Gasteiger partial charge in [-0.2, -0.15) is 5.10 Å². The summed E-state index contributed by atoms with van der Waals surface area (Å²) in [7, 11) is 0. The summed E-state index contributed by atoms with van der Waals surface area (Å²) >= 11 is 0. The van der Waals surface area contributed by atoms with Gasteiger partial charge in [-0.3, -0.25) is 9.59 Å². The van der Waals surface area contributed by atoms with E-state index in [4.69, 9.17) is 9.47 Å². The van der Waals surface area contributed by atoms with Crippen molar-refractivity contribution >= 4 is 23.2 Å². The Morgan fingerprint density at radius 3 is 2.19 bits per heavy atom. The summed E-state index contributed by atoms with van der Waals surface area (Å²) in [5.41, 5.74) is 5.43. The molecule has 4 rings (SSSR count). The van der Waals surface area contributed by atoms with Gasteiger partial charge in [0, 0.05) is 17.5 Å². The Kier molecular flexibility index (Phi) is 6.46. The van der Waals surface area contributed by atoms with Crippen LogP contribution in [0.3, 0.4) is 0 Å². The van der Waals surface area contributed by atoms with Crippen LogP contribution in [0.4, 0.5) is 5.69 Å². The summed E-state index contributed by atoms with van der Waals surface area (Å²) < 4.78 is 10.6. The van der Waals surface area contributed by atoms with Gasteiger partial charge < -0.3 is 14.8 Å². The number of fused-ring (bicyclic) bond motifs is 1. The minimum atomic E-state index is -0.503. The monoisotopic (exact) mass is 429 g/mol. The lowest BCUT2D eigenvalue weighted by molar-refractivity contribution is -0.121. The molecule has 0 atom stereocenters. The lowest BCUT2D eigenvalue weighted by Gasteiger charge is -2.16. The Morgan fingerprint density at radius 1 is 0.906 bits per heavy atom. The van der Waals surface area contributed by atoms with E-state index in [0.29, 0.717) is 22.9 Å². The third-order valence-corrected chi connectivity index (χ3v) is 4.96. The van der Waals surface area contributed by atoms with Gasteiger partial charge in [-0.25, -0.2) is 5.43 Å². The number of hydrogen-bond donors (Lipinski definition) is 2. The quantitative estimate of drug-likeness (QED) is 0.438. The predicted octanol–water partition coefficient (Wildman–Crippen LogP) is 4.07. The highest BCUT2D eigenvalue weighted by Crippen LogP contribution is 2.34. The van der Waals surface area contributed by atoms with Crippen molar-refractivity contribution in [3.63, 3.8) is 0 Å². The average Bonchev–Trinajstić information content (AvgIpc) is 3.27. The van der Waals surface area contributed by atoms with Gasteiger partial charge in [0.15, 0.2) is 11.5 Å². The molecule has 0 unspecified atom stereocenters. The third-order valence-electron chi connectivity index (χ3n) is 4.96. The summed E-state index contributed by atoms with van der Waals surface area (Å²) in [4.78, 5) is 25.4. The van der Waals surface area contributed by atoms with Crippen LogP contribution < -0.4 is 20.2 Å². The van der Waals surface area contributed by atoms with E-state index in [1.165, 1.54) is 0 Å². The second-order valence-electron chi connectivity index (χ2n) is 7.37. The topological polar surface area (TPSA) is 89.0 Å². The van der Waals surface area contributed by atoms with E-state index in [1.807, 2.05) is 60.7 Å². The number of anilines is 1. The normalized spacial score (nSPS) is 12.5. The molecule has 7 nitrogen and oxygen atoms in total. The van der Waals surface area contributed by atoms with Crippen molar-refractivity contribution in [2.24, 2.45) is 5.10 Å². The first-order valence-electron chi connectivity index (χ1n) is 10.2. The van der Waals surface area contributed by atoms with E-state index in [1.54, 1.807) is 25.1 Å². The van der Waals surface area contributed by atoms with Gasteiger partial charge in [0.25, 0.3) is 5.91 Å². The Hall–Kier alpha value is -4.13. The molecule has 0 bridgehead atoms. The SMILES string of the molecule is C/C(CC(=O)Nc1ccc2c(c1)OCO2)=N/NC(=O)C(c1ccccc1)c1ccccc1. The second kappa shape index (κ2) is 9.78. The molecule has 0 saturated heterocycles. The van der Waals surface area contributed by atoms with E-state index in [2.05, 4.69) is 15.8 Å². The fraction of sp³-hybridized carbons (Fsp3) is 0.160. The van der Waals surface area contributed by atoms with E-state index < -0.39 is 5.92 Å². The molecule has 7 heteroatoms. The van der Waals surface area contributed by atoms with Crippen molar-refractivity contribution in [2.45, 2.75) is 19.3 Å². The number of nitrogens with zero attached hydrogens (tertiary/aromatic N) is 1. The molecule has 0 radical (unpaired) electrons. The van der Waals surface area contributed by atoms with Gasteiger partial charge in [0.1, 0.15) is 0 Å². The van der Waals surface area contributed by atoms with Crippen molar-refractivity contribution in [1.82, 2.24) is 5.43 Å². The molecule has 0 aliphatic carbocycles. The van der Waals surface area contributed by atoms with E-state index in [-0.39, 0.29) is 25.0 Å².